The second kappa shape index (κ2) is 8.11. The maximum absolute atomic E-state index is 12.4. The number of esters is 1. The molecule has 3 N–H and O–H groups in total. The van der Waals surface area contributed by atoms with Crippen molar-refractivity contribution in [2.75, 3.05) is 13.7 Å². The van der Waals surface area contributed by atoms with Crippen molar-refractivity contribution < 1.29 is 17.9 Å². The number of sulfonamides is 1. The molecular weight excluding hydrogens is 292 g/mol. The average molecular weight is 314 g/mol. The first kappa shape index (κ1) is 17.6. The summed E-state index contributed by atoms with van der Waals surface area (Å²) < 4.78 is 31.8. The molecule has 1 aromatic carbocycles. The summed E-state index contributed by atoms with van der Waals surface area (Å²) in [7, 11) is -2.53. The highest BCUT2D eigenvalue weighted by Crippen LogP contribution is 2.15. The zero-order valence-corrected chi connectivity index (χ0v) is 13.2. The number of rotatable bonds is 8. The van der Waals surface area contributed by atoms with Gasteiger partial charge in [-0.2, -0.15) is 4.72 Å². The van der Waals surface area contributed by atoms with Gasteiger partial charge in [0.2, 0.25) is 10.0 Å². The number of ether oxygens (including phenoxy) is 1. The van der Waals surface area contributed by atoms with Gasteiger partial charge in [0.1, 0.15) is 6.04 Å². The lowest BCUT2D eigenvalue weighted by Gasteiger charge is -2.17. The predicted molar refractivity (Wildman–Crippen MR) is 80.2 cm³/mol. The van der Waals surface area contributed by atoms with Crippen LogP contribution in [-0.2, 0) is 19.6 Å². The number of methoxy groups -OCH3 is 1. The molecule has 21 heavy (non-hydrogen) atoms. The molecule has 0 aromatic heterocycles. The van der Waals surface area contributed by atoms with Gasteiger partial charge < -0.3 is 10.5 Å². The predicted octanol–water partition coefficient (Wildman–Crippen LogP) is 0.944. The Balaban J connectivity index is 2.91. The molecule has 6 nitrogen and oxygen atoms in total. The normalized spacial score (nSPS) is 12.9. The van der Waals surface area contributed by atoms with Gasteiger partial charge in [-0.25, -0.2) is 8.42 Å². The van der Waals surface area contributed by atoms with Crippen molar-refractivity contribution in [2.45, 2.75) is 37.1 Å². The van der Waals surface area contributed by atoms with Gasteiger partial charge in [0.25, 0.3) is 0 Å². The Bertz CT molecular complexity index is 572. The molecule has 118 valence electrons. The summed E-state index contributed by atoms with van der Waals surface area (Å²) in [6, 6.07) is 5.71. The van der Waals surface area contributed by atoms with Crippen molar-refractivity contribution in [1.82, 2.24) is 4.72 Å². The molecule has 0 aliphatic rings. The monoisotopic (exact) mass is 314 g/mol. The van der Waals surface area contributed by atoms with Gasteiger partial charge in [-0.3, -0.25) is 4.79 Å². The van der Waals surface area contributed by atoms with Gasteiger partial charge >= 0.3 is 5.97 Å². The fraction of sp³-hybridized carbons (Fsp3) is 0.500. The zero-order chi connectivity index (χ0) is 15.9. The topological polar surface area (TPSA) is 98.5 Å². The summed E-state index contributed by atoms with van der Waals surface area (Å²) in [5.74, 6) is -0.593. The highest BCUT2D eigenvalue weighted by molar-refractivity contribution is 7.89. The summed E-state index contributed by atoms with van der Waals surface area (Å²) in [6.07, 6.45) is 1.72. The van der Waals surface area contributed by atoms with Gasteiger partial charge in [-0.05, 0) is 37.9 Å². The van der Waals surface area contributed by atoms with Gasteiger partial charge in [0, 0.05) is 0 Å². The molecule has 1 rings (SSSR count). The highest BCUT2D eigenvalue weighted by atomic mass is 32.2. The molecule has 7 heteroatoms. The minimum absolute atomic E-state index is 0.165. The van der Waals surface area contributed by atoms with Gasteiger partial charge in [0.15, 0.2) is 0 Å². The molecule has 0 heterocycles. The molecule has 0 fully saturated rings. The van der Waals surface area contributed by atoms with Crippen LogP contribution in [-0.4, -0.2) is 34.1 Å². The van der Waals surface area contributed by atoms with E-state index >= 15 is 0 Å². The number of aryl methyl sites for hydroxylation is 1. The zero-order valence-electron chi connectivity index (χ0n) is 12.3. The first-order valence-electron chi connectivity index (χ1n) is 6.78. The van der Waals surface area contributed by atoms with Crippen LogP contribution in [0, 0.1) is 6.92 Å². The summed E-state index contributed by atoms with van der Waals surface area (Å²) in [6.45, 7) is 2.20. The van der Waals surface area contributed by atoms with E-state index in [-0.39, 0.29) is 4.90 Å². The Kier molecular flexibility index (Phi) is 6.80. The third-order valence-electron chi connectivity index (χ3n) is 3.11. The Hall–Kier alpha value is -1.44. The minimum Gasteiger partial charge on any atom is -0.468 e. The van der Waals surface area contributed by atoms with Crippen molar-refractivity contribution in [2.24, 2.45) is 5.73 Å². The van der Waals surface area contributed by atoms with Crippen LogP contribution in [0.3, 0.4) is 0 Å². The van der Waals surface area contributed by atoms with Crippen LogP contribution in [0.25, 0.3) is 0 Å². The van der Waals surface area contributed by atoms with Crippen LogP contribution in [0.5, 0.6) is 0 Å². The van der Waals surface area contributed by atoms with E-state index < -0.39 is 22.0 Å². The van der Waals surface area contributed by atoms with Crippen molar-refractivity contribution in [3.63, 3.8) is 0 Å². The number of carbonyl (C=O) groups excluding carboxylic acids is 1. The van der Waals surface area contributed by atoms with Crippen LogP contribution in [0.15, 0.2) is 29.2 Å². The fourth-order valence-electron chi connectivity index (χ4n) is 1.97. The summed E-state index contributed by atoms with van der Waals surface area (Å²) in [5, 5.41) is 0. The lowest BCUT2D eigenvalue weighted by Crippen LogP contribution is -2.41. The van der Waals surface area contributed by atoms with Gasteiger partial charge in [-0.15, -0.1) is 0 Å². The van der Waals surface area contributed by atoms with E-state index in [1.54, 1.807) is 25.1 Å². The van der Waals surface area contributed by atoms with E-state index in [0.29, 0.717) is 24.9 Å². The van der Waals surface area contributed by atoms with Crippen molar-refractivity contribution in [3.8, 4) is 0 Å². The molecule has 0 saturated heterocycles. The lowest BCUT2D eigenvalue weighted by atomic mass is 10.1. The molecule has 0 spiro atoms. The summed E-state index contributed by atoms with van der Waals surface area (Å²) in [5.41, 5.74) is 6.03. The number of benzene rings is 1. The van der Waals surface area contributed by atoms with Crippen LogP contribution >= 0.6 is 0 Å². The standard InChI is InChI=1S/C14H22N2O4S/c1-11-7-3-4-9-13(11)21(18,19)16-12(14(17)20-2)8-5-6-10-15/h3-4,7,9,12,16H,5-6,8,10,15H2,1-2H3/t12-/m0/s1. The molecule has 0 amide bonds. The third kappa shape index (κ3) is 5.11. The maximum Gasteiger partial charge on any atom is 0.323 e. The van der Waals surface area contributed by atoms with E-state index in [0.717, 1.165) is 6.42 Å². The van der Waals surface area contributed by atoms with Crippen LogP contribution in [0.4, 0.5) is 0 Å². The van der Waals surface area contributed by atoms with E-state index in [2.05, 4.69) is 9.46 Å². The van der Waals surface area contributed by atoms with Crippen molar-refractivity contribution in [3.05, 3.63) is 29.8 Å². The molecule has 1 aromatic rings. The smallest absolute Gasteiger partial charge is 0.323 e. The number of nitrogens with two attached hydrogens (primary N) is 1. The Morgan fingerprint density at radius 2 is 2.00 bits per heavy atom. The Morgan fingerprint density at radius 1 is 1.33 bits per heavy atom. The van der Waals surface area contributed by atoms with Crippen LogP contribution < -0.4 is 10.5 Å². The van der Waals surface area contributed by atoms with Gasteiger partial charge in [0.05, 0.1) is 12.0 Å². The Morgan fingerprint density at radius 3 is 2.57 bits per heavy atom. The molecule has 0 unspecified atom stereocenters. The molecule has 0 aliphatic heterocycles. The van der Waals surface area contributed by atoms with E-state index in [4.69, 9.17) is 5.73 Å². The number of hydrogen-bond acceptors (Lipinski definition) is 5. The first-order valence-corrected chi connectivity index (χ1v) is 8.26. The molecule has 1 atom stereocenters. The molecule has 0 bridgehead atoms. The number of carbonyl (C=O) groups is 1. The van der Waals surface area contributed by atoms with Gasteiger partial charge in [-0.1, -0.05) is 24.6 Å². The summed E-state index contributed by atoms with van der Waals surface area (Å²) in [4.78, 5) is 11.9. The highest BCUT2D eigenvalue weighted by Gasteiger charge is 2.26. The Labute approximate surface area is 125 Å². The fourth-order valence-corrected chi connectivity index (χ4v) is 3.43. The van der Waals surface area contributed by atoms with Crippen LogP contribution in [0.2, 0.25) is 0 Å². The lowest BCUT2D eigenvalue weighted by molar-refractivity contribution is -0.142. The largest absolute Gasteiger partial charge is 0.468 e. The van der Waals surface area contributed by atoms with Crippen molar-refractivity contribution >= 4 is 16.0 Å². The average Bonchev–Trinajstić information content (AvgIpc) is 2.45. The molecular formula is C14H22N2O4S. The second-order valence-electron chi connectivity index (χ2n) is 4.75. The number of unbranched alkanes of at least 4 members (excludes halogenated alkanes) is 1. The molecule has 0 aliphatic carbocycles. The number of nitrogens with one attached hydrogen (secondary N) is 1. The van der Waals surface area contributed by atoms with E-state index in [1.807, 2.05) is 0 Å². The maximum atomic E-state index is 12.4. The second-order valence-corrected chi connectivity index (χ2v) is 6.43. The first-order chi connectivity index (χ1) is 9.92. The molecule has 0 saturated carbocycles. The van der Waals surface area contributed by atoms with E-state index in [1.165, 1.54) is 13.2 Å². The molecule has 0 radical (unpaired) electrons. The van der Waals surface area contributed by atoms with Crippen LogP contribution in [0.1, 0.15) is 24.8 Å². The summed E-state index contributed by atoms with van der Waals surface area (Å²) >= 11 is 0. The minimum atomic E-state index is -3.76. The van der Waals surface area contributed by atoms with E-state index in [9.17, 15) is 13.2 Å². The third-order valence-corrected chi connectivity index (χ3v) is 4.75. The quantitative estimate of drug-likeness (QED) is 0.550. The number of hydrogen-bond donors (Lipinski definition) is 2. The van der Waals surface area contributed by atoms with Crippen molar-refractivity contribution in [1.29, 1.82) is 0 Å². The SMILES string of the molecule is COC(=O)[C@H](CCCCN)NS(=O)(=O)c1ccccc1C.